The van der Waals surface area contributed by atoms with Gasteiger partial charge in [0.05, 0.1) is 18.4 Å². The van der Waals surface area contributed by atoms with Gasteiger partial charge >= 0.3 is 5.97 Å². The van der Waals surface area contributed by atoms with Crippen LogP contribution in [-0.4, -0.2) is 22.5 Å². The first-order valence-corrected chi connectivity index (χ1v) is 7.35. The molecule has 0 aliphatic heterocycles. The first-order chi connectivity index (χ1) is 9.01. The molecule has 1 saturated carbocycles. The zero-order chi connectivity index (χ0) is 13.9. The summed E-state index contributed by atoms with van der Waals surface area (Å²) in [4.78, 5) is 22.9. The number of benzene rings is 1. The summed E-state index contributed by atoms with van der Waals surface area (Å²) in [5.74, 6) is -0.945. The topological polar surface area (TPSA) is 66.4 Å². The minimum atomic E-state index is -0.853. The van der Waals surface area contributed by atoms with Gasteiger partial charge in [0.1, 0.15) is 0 Å². The van der Waals surface area contributed by atoms with Crippen LogP contribution in [0.1, 0.15) is 31.2 Å². The summed E-state index contributed by atoms with van der Waals surface area (Å²) in [5, 5.41) is 11.8. The minimum Gasteiger partial charge on any atom is -0.481 e. The summed E-state index contributed by atoms with van der Waals surface area (Å²) >= 11 is 2.20. The van der Waals surface area contributed by atoms with Gasteiger partial charge in [0.15, 0.2) is 0 Å². The third kappa shape index (κ3) is 3.68. The highest BCUT2D eigenvalue weighted by atomic mass is 127. The number of rotatable bonds is 5. The van der Waals surface area contributed by atoms with Crippen molar-refractivity contribution in [3.63, 3.8) is 0 Å². The van der Waals surface area contributed by atoms with E-state index in [4.69, 9.17) is 5.11 Å². The normalized spacial score (nSPS) is 16.5. The van der Waals surface area contributed by atoms with E-state index in [2.05, 4.69) is 27.9 Å². The SMILES string of the molecule is O=C(O)CC1(NC(=O)Cc2ccccc2I)CCC1. The van der Waals surface area contributed by atoms with Crippen LogP contribution in [0.15, 0.2) is 24.3 Å². The van der Waals surface area contributed by atoms with E-state index in [-0.39, 0.29) is 12.3 Å². The molecular weight excluding hydrogens is 357 g/mol. The molecule has 4 nitrogen and oxygen atoms in total. The average Bonchev–Trinajstić information content (AvgIpc) is 2.28. The number of amides is 1. The average molecular weight is 373 g/mol. The number of aliphatic carboxylic acids is 1. The van der Waals surface area contributed by atoms with E-state index >= 15 is 0 Å². The lowest BCUT2D eigenvalue weighted by Crippen LogP contribution is -2.55. The lowest BCUT2D eigenvalue weighted by Gasteiger charge is -2.41. The predicted molar refractivity (Wildman–Crippen MR) is 79.8 cm³/mol. The number of halogens is 1. The summed E-state index contributed by atoms with van der Waals surface area (Å²) in [6.07, 6.45) is 2.83. The second-order valence-corrected chi connectivity index (χ2v) is 6.18. The monoisotopic (exact) mass is 373 g/mol. The van der Waals surface area contributed by atoms with Crippen molar-refractivity contribution in [2.45, 2.75) is 37.6 Å². The standard InChI is InChI=1S/C14H16INO3/c15-11-5-2-1-4-10(11)8-12(17)16-14(6-3-7-14)9-13(18)19/h1-2,4-5H,3,6-9H2,(H,16,17)(H,18,19). The lowest BCUT2D eigenvalue weighted by atomic mass is 9.74. The Labute approximate surface area is 125 Å². The van der Waals surface area contributed by atoms with E-state index < -0.39 is 11.5 Å². The molecule has 2 rings (SSSR count). The number of carbonyl (C=O) groups excluding carboxylic acids is 1. The van der Waals surface area contributed by atoms with Gasteiger partial charge in [-0.25, -0.2) is 0 Å². The van der Waals surface area contributed by atoms with Crippen molar-refractivity contribution in [3.8, 4) is 0 Å². The van der Waals surface area contributed by atoms with Crippen molar-refractivity contribution in [3.05, 3.63) is 33.4 Å². The fourth-order valence-electron chi connectivity index (χ4n) is 2.39. The van der Waals surface area contributed by atoms with Crippen LogP contribution >= 0.6 is 22.6 Å². The van der Waals surface area contributed by atoms with Gasteiger partial charge in [-0.1, -0.05) is 18.2 Å². The number of nitrogens with one attached hydrogen (secondary N) is 1. The van der Waals surface area contributed by atoms with Crippen molar-refractivity contribution in [2.75, 3.05) is 0 Å². The summed E-state index contributed by atoms with van der Waals surface area (Å²) in [7, 11) is 0. The van der Waals surface area contributed by atoms with Gasteiger partial charge in [0, 0.05) is 3.57 Å². The molecule has 1 aromatic rings. The highest BCUT2D eigenvalue weighted by Gasteiger charge is 2.40. The smallest absolute Gasteiger partial charge is 0.305 e. The molecule has 0 radical (unpaired) electrons. The van der Waals surface area contributed by atoms with Crippen molar-refractivity contribution >= 4 is 34.5 Å². The number of carboxylic acid groups (broad SMARTS) is 1. The number of carbonyl (C=O) groups is 2. The van der Waals surface area contributed by atoms with Crippen LogP contribution in [-0.2, 0) is 16.0 Å². The summed E-state index contributed by atoms with van der Waals surface area (Å²) in [6, 6.07) is 7.72. The van der Waals surface area contributed by atoms with Gasteiger partial charge in [0.2, 0.25) is 5.91 Å². The molecule has 0 spiro atoms. The van der Waals surface area contributed by atoms with Crippen molar-refractivity contribution < 1.29 is 14.7 Å². The third-order valence-electron chi connectivity index (χ3n) is 3.51. The maximum absolute atomic E-state index is 12.0. The third-order valence-corrected chi connectivity index (χ3v) is 4.57. The van der Waals surface area contributed by atoms with E-state index in [9.17, 15) is 9.59 Å². The molecular formula is C14H16INO3. The van der Waals surface area contributed by atoms with Crippen LogP contribution in [0, 0.1) is 3.57 Å². The molecule has 0 bridgehead atoms. The molecule has 0 aromatic heterocycles. The summed E-state index contributed by atoms with van der Waals surface area (Å²) in [6.45, 7) is 0. The van der Waals surface area contributed by atoms with E-state index in [0.29, 0.717) is 6.42 Å². The molecule has 0 atom stereocenters. The van der Waals surface area contributed by atoms with Crippen LogP contribution in [0.2, 0.25) is 0 Å². The molecule has 19 heavy (non-hydrogen) atoms. The van der Waals surface area contributed by atoms with E-state index in [1.165, 1.54) is 0 Å². The zero-order valence-corrected chi connectivity index (χ0v) is 12.6. The Bertz CT molecular complexity index is 497. The van der Waals surface area contributed by atoms with Crippen LogP contribution in [0.4, 0.5) is 0 Å². The van der Waals surface area contributed by atoms with Gasteiger partial charge < -0.3 is 10.4 Å². The molecule has 2 N–H and O–H groups in total. The maximum Gasteiger partial charge on any atom is 0.305 e. The van der Waals surface area contributed by atoms with Gasteiger partial charge in [-0.3, -0.25) is 9.59 Å². The number of hydrogen-bond acceptors (Lipinski definition) is 2. The van der Waals surface area contributed by atoms with Crippen LogP contribution in [0.3, 0.4) is 0 Å². The Morgan fingerprint density at radius 3 is 2.53 bits per heavy atom. The van der Waals surface area contributed by atoms with Gasteiger partial charge in [-0.15, -0.1) is 0 Å². The molecule has 1 amide bonds. The second kappa shape index (κ2) is 5.90. The second-order valence-electron chi connectivity index (χ2n) is 5.02. The van der Waals surface area contributed by atoms with Crippen molar-refractivity contribution in [1.82, 2.24) is 5.32 Å². The molecule has 0 unspecified atom stereocenters. The largest absolute Gasteiger partial charge is 0.481 e. The maximum atomic E-state index is 12.0. The first-order valence-electron chi connectivity index (χ1n) is 6.27. The lowest BCUT2D eigenvalue weighted by molar-refractivity contribution is -0.140. The molecule has 1 aromatic carbocycles. The van der Waals surface area contributed by atoms with Gasteiger partial charge in [-0.2, -0.15) is 0 Å². The Balaban J connectivity index is 1.97. The van der Waals surface area contributed by atoms with E-state index in [1.54, 1.807) is 0 Å². The quantitative estimate of drug-likeness (QED) is 0.779. The summed E-state index contributed by atoms with van der Waals surface area (Å²) < 4.78 is 1.05. The molecule has 0 heterocycles. The number of carboxylic acids is 1. The fourth-order valence-corrected chi connectivity index (χ4v) is 2.97. The molecule has 1 fully saturated rings. The van der Waals surface area contributed by atoms with E-state index in [1.807, 2.05) is 24.3 Å². The molecule has 1 aliphatic carbocycles. The van der Waals surface area contributed by atoms with Crippen molar-refractivity contribution in [1.29, 1.82) is 0 Å². The predicted octanol–water partition coefficient (Wildman–Crippen LogP) is 2.35. The zero-order valence-electron chi connectivity index (χ0n) is 10.5. The first kappa shape index (κ1) is 14.3. The molecule has 5 heteroatoms. The Morgan fingerprint density at radius 2 is 2.00 bits per heavy atom. The van der Waals surface area contributed by atoms with Gasteiger partial charge in [-0.05, 0) is 53.5 Å². The summed E-state index contributed by atoms with van der Waals surface area (Å²) in [5.41, 5.74) is 0.466. The molecule has 102 valence electrons. The molecule has 0 saturated heterocycles. The Morgan fingerprint density at radius 1 is 1.32 bits per heavy atom. The van der Waals surface area contributed by atoms with Crippen LogP contribution in [0.25, 0.3) is 0 Å². The number of hydrogen-bond donors (Lipinski definition) is 2. The Kier molecular flexibility index (Phi) is 4.44. The van der Waals surface area contributed by atoms with E-state index in [0.717, 1.165) is 28.4 Å². The van der Waals surface area contributed by atoms with Crippen molar-refractivity contribution in [2.24, 2.45) is 0 Å². The van der Waals surface area contributed by atoms with Crippen LogP contribution in [0.5, 0.6) is 0 Å². The highest BCUT2D eigenvalue weighted by molar-refractivity contribution is 14.1. The minimum absolute atomic E-state index is 0.0185. The Hall–Kier alpha value is -1.11. The van der Waals surface area contributed by atoms with Crippen LogP contribution < -0.4 is 5.32 Å². The highest BCUT2D eigenvalue weighted by Crippen LogP contribution is 2.35. The molecule has 1 aliphatic rings. The fraction of sp³-hybridized carbons (Fsp3) is 0.429. The van der Waals surface area contributed by atoms with Gasteiger partial charge in [0.25, 0.3) is 0 Å².